The van der Waals surface area contributed by atoms with Crippen LogP contribution < -0.4 is 0 Å². The zero-order valence-corrected chi connectivity index (χ0v) is 11.7. The lowest BCUT2D eigenvalue weighted by Gasteiger charge is -2.24. The van der Waals surface area contributed by atoms with Crippen LogP contribution in [0, 0.1) is 40.5 Å². The lowest BCUT2D eigenvalue weighted by atomic mass is 9.79. The number of rotatable bonds is 5. The molecule has 2 unspecified atom stereocenters. The SMILES string of the molecule is O=[N+]([O-])c1cccc(C2([N+](=O)[O-])C=CC=CC2[N+](=O)[O-])c1[N+](=O)[O-]. The van der Waals surface area contributed by atoms with Crippen molar-refractivity contribution in [2.45, 2.75) is 11.6 Å². The highest BCUT2D eigenvalue weighted by Crippen LogP contribution is 2.43. The Labute approximate surface area is 132 Å². The lowest BCUT2D eigenvalue weighted by molar-refractivity contribution is -0.642. The Bertz CT molecular complexity index is 817. The number of nitrogens with zero attached hydrogens (tertiary/aromatic N) is 4. The van der Waals surface area contributed by atoms with Crippen LogP contribution in [0.4, 0.5) is 11.4 Å². The van der Waals surface area contributed by atoms with E-state index in [1.807, 2.05) is 0 Å². The van der Waals surface area contributed by atoms with Crippen LogP contribution in [0.25, 0.3) is 0 Å². The average molecular weight is 336 g/mol. The number of benzene rings is 1. The topological polar surface area (TPSA) is 173 Å². The number of allylic oxidation sites excluding steroid dienone is 2. The zero-order chi connectivity index (χ0) is 18.1. The summed E-state index contributed by atoms with van der Waals surface area (Å²) < 4.78 is 0. The molecule has 0 aliphatic heterocycles. The first-order valence-electron chi connectivity index (χ1n) is 6.29. The van der Waals surface area contributed by atoms with E-state index >= 15 is 0 Å². The van der Waals surface area contributed by atoms with E-state index in [1.54, 1.807) is 0 Å². The van der Waals surface area contributed by atoms with Crippen LogP contribution in [0.1, 0.15) is 5.56 Å². The minimum absolute atomic E-state index is 0.728. The smallest absolute Gasteiger partial charge is 0.264 e. The fourth-order valence-corrected chi connectivity index (χ4v) is 2.56. The van der Waals surface area contributed by atoms with Gasteiger partial charge in [0.05, 0.1) is 9.85 Å². The van der Waals surface area contributed by atoms with E-state index in [2.05, 4.69) is 0 Å². The predicted octanol–water partition coefficient (Wildman–Crippen LogP) is 1.75. The lowest BCUT2D eigenvalue weighted by Crippen LogP contribution is -2.49. The van der Waals surface area contributed by atoms with E-state index in [0.717, 1.165) is 36.4 Å². The van der Waals surface area contributed by atoms with Crippen molar-refractivity contribution >= 4 is 11.4 Å². The second-order valence-corrected chi connectivity index (χ2v) is 4.74. The van der Waals surface area contributed by atoms with Gasteiger partial charge in [-0.25, -0.2) is 0 Å². The van der Waals surface area contributed by atoms with Crippen molar-refractivity contribution in [1.29, 1.82) is 0 Å². The van der Waals surface area contributed by atoms with Gasteiger partial charge in [0, 0.05) is 22.0 Å². The molecule has 0 fully saturated rings. The molecule has 0 radical (unpaired) electrons. The van der Waals surface area contributed by atoms with Crippen molar-refractivity contribution in [3.8, 4) is 0 Å². The van der Waals surface area contributed by atoms with Crippen LogP contribution in [0.2, 0.25) is 0 Å². The van der Waals surface area contributed by atoms with E-state index in [-0.39, 0.29) is 0 Å². The van der Waals surface area contributed by atoms with Crippen molar-refractivity contribution in [2.24, 2.45) is 0 Å². The number of nitro groups is 4. The van der Waals surface area contributed by atoms with Crippen LogP contribution in [-0.4, -0.2) is 25.7 Å². The summed E-state index contributed by atoms with van der Waals surface area (Å²) in [5.41, 5.74) is -5.49. The van der Waals surface area contributed by atoms with Gasteiger partial charge in [0.1, 0.15) is 5.56 Å². The maximum atomic E-state index is 11.7. The molecule has 24 heavy (non-hydrogen) atoms. The van der Waals surface area contributed by atoms with E-state index in [4.69, 9.17) is 0 Å². The fourth-order valence-electron chi connectivity index (χ4n) is 2.56. The molecule has 0 bridgehead atoms. The number of para-hydroxylation sites is 1. The third-order valence-electron chi connectivity index (χ3n) is 3.56. The first-order chi connectivity index (χ1) is 11.2. The Hall–Kier alpha value is -3.70. The summed E-state index contributed by atoms with van der Waals surface area (Å²) in [4.78, 5) is 41.0. The van der Waals surface area contributed by atoms with Gasteiger partial charge in [-0.15, -0.1) is 0 Å². The molecular formula is C12H8N4O8. The molecule has 1 aliphatic rings. The van der Waals surface area contributed by atoms with Crippen LogP contribution in [0.5, 0.6) is 0 Å². The van der Waals surface area contributed by atoms with Gasteiger partial charge in [0.2, 0.25) is 0 Å². The molecule has 0 saturated heterocycles. The van der Waals surface area contributed by atoms with Crippen molar-refractivity contribution < 1.29 is 19.7 Å². The van der Waals surface area contributed by atoms with Crippen LogP contribution in [0.3, 0.4) is 0 Å². The maximum Gasteiger partial charge on any atom is 0.357 e. The second-order valence-electron chi connectivity index (χ2n) is 4.74. The van der Waals surface area contributed by atoms with E-state index in [9.17, 15) is 40.5 Å². The van der Waals surface area contributed by atoms with Crippen molar-refractivity contribution in [2.75, 3.05) is 0 Å². The molecule has 2 atom stereocenters. The molecule has 124 valence electrons. The first-order valence-corrected chi connectivity index (χ1v) is 6.29. The first kappa shape index (κ1) is 16.7. The Balaban J connectivity index is 2.91. The minimum Gasteiger partial charge on any atom is -0.264 e. The molecule has 0 heterocycles. The molecule has 0 spiro atoms. The van der Waals surface area contributed by atoms with E-state index in [1.165, 1.54) is 6.08 Å². The van der Waals surface area contributed by atoms with E-state index < -0.39 is 48.2 Å². The molecule has 1 aliphatic carbocycles. The maximum absolute atomic E-state index is 11.7. The van der Waals surface area contributed by atoms with Gasteiger partial charge in [0.25, 0.3) is 0 Å². The molecule has 0 amide bonds. The summed E-state index contributed by atoms with van der Waals surface area (Å²) in [6.45, 7) is 0. The summed E-state index contributed by atoms with van der Waals surface area (Å²) in [6.07, 6.45) is 4.06. The van der Waals surface area contributed by atoms with Gasteiger partial charge < -0.3 is 0 Å². The summed E-state index contributed by atoms with van der Waals surface area (Å²) in [7, 11) is 0. The van der Waals surface area contributed by atoms with Gasteiger partial charge >= 0.3 is 23.0 Å². The molecule has 2 rings (SSSR count). The van der Waals surface area contributed by atoms with Gasteiger partial charge in [-0.3, -0.25) is 40.5 Å². The van der Waals surface area contributed by atoms with Crippen molar-refractivity contribution in [3.05, 3.63) is 88.5 Å². The van der Waals surface area contributed by atoms with Crippen molar-refractivity contribution in [1.82, 2.24) is 0 Å². The minimum atomic E-state index is -2.63. The monoisotopic (exact) mass is 336 g/mol. The van der Waals surface area contributed by atoms with Crippen LogP contribution in [0.15, 0.2) is 42.5 Å². The third-order valence-corrected chi connectivity index (χ3v) is 3.56. The van der Waals surface area contributed by atoms with Gasteiger partial charge in [-0.2, -0.15) is 0 Å². The summed E-state index contributed by atoms with van der Waals surface area (Å²) in [6, 6.07) is 0.764. The predicted molar refractivity (Wildman–Crippen MR) is 77.5 cm³/mol. The molecule has 12 nitrogen and oxygen atoms in total. The van der Waals surface area contributed by atoms with Gasteiger partial charge in [-0.1, -0.05) is 18.2 Å². The molecule has 0 saturated carbocycles. The average Bonchev–Trinajstić information content (AvgIpc) is 2.53. The molecule has 1 aromatic carbocycles. The standard InChI is InChI=1S/C12H8N4O8/c17-13(18)9-5-3-4-8(11(9)15(21)22)12(16(23)24)7-2-1-6-10(12)14(19)20/h1-7,10H. The molecule has 0 aromatic heterocycles. The van der Waals surface area contributed by atoms with Gasteiger partial charge in [-0.05, 0) is 12.1 Å². The van der Waals surface area contributed by atoms with Crippen LogP contribution in [-0.2, 0) is 5.54 Å². The molecule has 1 aromatic rings. The number of hydrogen-bond donors (Lipinski definition) is 0. The fraction of sp³-hybridized carbons (Fsp3) is 0.167. The number of nitro benzene ring substituents is 2. The second kappa shape index (κ2) is 5.83. The van der Waals surface area contributed by atoms with Crippen LogP contribution >= 0.6 is 0 Å². The third kappa shape index (κ3) is 2.35. The summed E-state index contributed by atoms with van der Waals surface area (Å²) in [5, 5.41) is 45.2. The zero-order valence-electron chi connectivity index (χ0n) is 11.7. The Morgan fingerprint density at radius 3 is 2.08 bits per heavy atom. The Kier molecular flexibility index (Phi) is 4.05. The highest BCUT2D eigenvalue weighted by Gasteiger charge is 2.61. The van der Waals surface area contributed by atoms with Crippen molar-refractivity contribution in [3.63, 3.8) is 0 Å². The van der Waals surface area contributed by atoms with E-state index in [0.29, 0.717) is 0 Å². The highest BCUT2D eigenvalue weighted by molar-refractivity contribution is 5.61. The highest BCUT2D eigenvalue weighted by atomic mass is 16.7. The largest absolute Gasteiger partial charge is 0.357 e. The molecule has 12 heteroatoms. The quantitative estimate of drug-likeness (QED) is 0.577. The Morgan fingerprint density at radius 2 is 1.58 bits per heavy atom. The summed E-state index contributed by atoms with van der Waals surface area (Å²) in [5.74, 6) is 0. The molecule has 0 N–H and O–H groups in total. The summed E-state index contributed by atoms with van der Waals surface area (Å²) >= 11 is 0. The number of hydrogen-bond acceptors (Lipinski definition) is 8. The van der Waals surface area contributed by atoms with Gasteiger partial charge in [0.15, 0.2) is 0 Å². The molecular weight excluding hydrogens is 328 g/mol. The Morgan fingerprint density at radius 1 is 0.917 bits per heavy atom. The normalized spacial score (nSPS) is 22.1.